The molecule has 0 spiro atoms. The van der Waals surface area contributed by atoms with Gasteiger partial charge in [-0.25, -0.2) is 0 Å². The van der Waals surface area contributed by atoms with Gasteiger partial charge in [0.25, 0.3) is 0 Å². The summed E-state index contributed by atoms with van der Waals surface area (Å²) >= 11 is 0. The summed E-state index contributed by atoms with van der Waals surface area (Å²) < 4.78 is 7.77. The van der Waals surface area contributed by atoms with Gasteiger partial charge in [-0.3, -0.25) is 0 Å². The fourth-order valence-corrected chi connectivity index (χ4v) is 2.89. The van der Waals surface area contributed by atoms with E-state index in [1.54, 1.807) is 7.11 Å². The predicted octanol–water partition coefficient (Wildman–Crippen LogP) is 3.26. The lowest BCUT2D eigenvalue weighted by Gasteiger charge is -2.25. The van der Waals surface area contributed by atoms with Gasteiger partial charge in [0.1, 0.15) is 5.75 Å². The van der Waals surface area contributed by atoms with Crippen molar-refractivity contribution >= 4 is 10.9 Å². The van der Waals surface area contributed by atoms with E-state index in [0.717, 1.165) is 5.75 Å². The standard InChI is InChI=1S/C16H24N2O/c1-10-8-9-12(19-7)15-13(10)14(11(2)18(15)6)16(3,4)17-5/h8-9,17H,1-7H3. The number of rotatable bonds is 3. The van der Waals surface area contributed by atoms with Crippen LogP contribution in [0.15, 0.2) is 12.1 Å². The number of aromatic nitrogens is 1. The van der Waals surface area contributed by atoms with E-state index in [1.165, 1.54) is 27.7 Å². The van der Waals surface area contributed by atoms with E-state index in [9.17, 15) is 0 Å². The monoisotopic (exact) mass is 260 g/mol. The molecule has 2 aromatic rings. The summed E-state index contributed by atoms with van der Waals surface area (Å²) in [6.07, 6.45) is 0. The summed E-state index contributed by atoms with van der Waals surface area (Å²) in [6, 6.07) is 4.18. The highest BCUT2D eigenvalue weighted by Gasteiger charge is 2.28. The van der Waals surface area contributed by atoms with Gasteiger partial charge < -0.3 is 14.6 Å². The first-order valence-corrected chi connectivity index (χ1v) is 6.67. The van der Waals surface area contributed by atoms with Crippen LogP contribution in [0.1, 0.15) is 30.7 Å². The van der Waals surface area contributed by atoms with Crippen molar-refractivity contribution in [2.75, 3.05) is 14.2 Å². The highest BCUT2D eigenvalue weighted by molar-refractivity contribution is 5.93. The Morgan fingerprint density at radius 3 is 2.37 bits per heavy atom. The van der Waals surface area contributed by atoms with Crippen LogP contribution in [0.4, 0.5) is 0 Å². The normalized spacial score (nSPS) is 12.2. The van der Waals surface area contributed by atoms with E-state index in [0.29, 0.717) is 0 Å². The SMILES string of the molecule is CNC(C)(C)c1c(C)n(C)c2c(OC)ccc(C)c12. The molecule has 1 heterocycles. The van der Waals surface area contributed by atoms with Crippen molar-refractivity contribution in [1.29, 1.82) is 0 Å². The van der Waals surface area contributed by atoms with Gasteiger partial charge in [0.2, 0.25) is 0 Å². The van der Waals surface area contributed by atoms with Crippen molar-refractivity contribution in [2.24, 2.45) is 7.05 Å². The largest absolute Gasteiger partial charge is 0.495 e. The molecule has 3 heteroatoms. The van der Waals surface area contributed by atoms with Crippen LogP contribution in [-0.4, -0.2) is 18.7 Å². The molecule has 0 unspecified atom stereocenters. The van der Waals surface area contributed by atoms with E-state index in [4.69, 9.17) is 4.74 Å². The third kappa shape index (κ3) is 1.93. The van der Waals surface area contributed by atoms with E-state index in [1.807, 2.05) is 13.1 Å². The highest BCUT2D eigenvalue weighted by Crippen LogP contribution is 2.39. The Bertz CT molecular complexity index is 623. The molecule has 3 nitrogen and oxygen atoms in total. The van der Waals surface area contributed by atoms with Crippen molar-refractivity contribution in [1.82, 2.24) is 9.88 Å². The van der Waals surface area contributed by atoms with Crippen LogP contribution in [-0.2, 0) is 12.6 Å². The number of aryl methyl sites for hydroxylation is 2. The topological polar surface area (TPSA) is 26.2 Å². The minimum absolute atomic E-state index is 0.0687. The summed E-state index contributed by atoms with van der Waals surface area (Å²) in [4.78, 5) is 0. The number of ether oxygens (including phenoxy) is 1. The van der Waals surface area contributed by atoms with Gasteiger partial charge in [-0.2, -0.15) is 0 Å². The number of fused-ring (bicyclic) bond motifs is 1. The zero-order valence-corrected chi connectivity index (χ0v) is 13.0. The second kappa shape index (κ2) is 4.57. The van der Waals surface area contributed by atoms with Crippen molar-refractivity contribution < 1.29 is 4.74 Å². The van der Waals surface area contributed by atoms with E-state index < -0.39 is 0 Å². The van der Waals surface area contributed by atoms with Gasteiger partial charge in [0.05, 0.1) is 12.6 Å². The molecule has 1 N–H and O–H groups in total. The van der Waals surface area contributed by atoms with Gasteiger partial charge in [-0.15, -0.1) is 0 Å². The van der Waals surface area contributed by atoms with Crippen molar-refractivity contribution in [2.45, 2.75) is 33.2 Å². The first kappa shape index (κ1) is 13.9. The number of methoxy groups -OCH3 is 1. The van der Waals surface area contributed by atoms with Gasteiger partial charge in [-0.05, 0) is 46.4 Å². The maximum atomic E-state index is 5.54. The Kier molecular flexibility index (Phi) is 3.35. The lowest BCUT2D eigenvalue weighted by atomic mass is 9.90. The Morgan fingerprint density at radius 1 is 1.21 bits per heavy atom. The lowest BCUT2D eigenvalue weighted by molar-refractivity contribution is 0.417. The van der Waals surface area contributed by atoms with E-state index >= 15 is 0 Å². The molecule has 0 aliphatic heterocycles. The van der Waals surface area contributed by atoms with Crippen molar-refractivity contribution in [3.05, 3.63) is 29.0 Å². The second-order valence-corrected chi connectivity index (χ2v) is 5.70. The van der Waals surface area contributed by atoms with Crippen LogP contribution in [0.25, 0.3) is 10.9 Å². The average molecular weight is 260 g/mol. The molecule has 1 aromatic carbocycles. The smallest absolute Gasteiger partial charge is 0.143 e. The highest BCUT2D eigenvalue weighted by atomic mass is 16.5. The summed E-state index contributed by atoms with van der Waals surface area (Å²) in [5, 5.41) is 4.72. The Hall–Kier alpha value is -1.48. The quantitative estimate of drug-likeness (QED) is 0.916. The first-order chi connectivity index (χ1) is 8.85. The first-order valence-electron chi connectivity index (χ1n) is 6.67. The molecular weight excluding hydrogens is 236 g/mol. The molecular formula is C16H24N2O. The summed E-state index contributed by atoms with van der Waals surface area (Å²) in [5.41, 5.74) is 5.03. The molecule has 0 aliphatic rings. The molecule has 0 amide bonds. The molecule has 0 radical (unpaired) electrons. The van der Waals surface area contributed by atoms with Crippen LogP contribution in [0.2, 0.25) is 0 Å². The van der Waals surface area contributed by atoms with E-state index in [-0.39, 0.29) is 5.54 Å². The average Bonchev–Trinajstić information content (AvgIpc) is 2.65. The van der Waals surface area contributed by atoms with Crippen molar-refractivity contribution in [3.63, 3.8) is 0 Å². The molecule has 1 aromatic heterocycles. The number of hydrogen-bond acceptors (Lipinski definition) is 2. The third-order valence-corrected chi connectivity index (χ3v) is 4.27. The van der Waals surface area contributed by atoms with Crippen LogP contribution in [0.5, 0.6) is 5.75 Å². The van der Waals surface area contributed by atoms with Crippen molar-refractivity contribution in [3.8, 4) is 5.75 Å². The zero-order valence-electron chi connectivity index (χ0n) is 13.0. The number of nitrogens with one attached hydrogen (secondary N) is 1. The van der Waals surface area contributed by atoms with Crippen LogP contribution in [0.3, 0.4) is 0 Å². The maximum Gasteiger partial charge on any atom is 0.143 e. The van der Waals surface area contributed by atoms with Gasteiger partial charge in [0.15, 0.2) is 0 Å². The Morgan fingerprint density at radius 2 is 1.84 bits per heavy atom. The lowest BCUT2D eigenvalue weighted by Crippen LogP contribution is -2.33. The molecule has 0 saturated carbocycles. The minimum Gasteiger partial charge on any atom is -0.495 e. The molecule has 0 fully saturated rings. The second-order valence-electron chi connectivity index (χ2n) is 5.70. The molecule has 0 bridgehead atoms. The molecule has 0 atom stereocenters. The maximum absolute atomic E-state index is 5.54. The molecule has 19 heavy (non-hydrogen) atoms. The van der Waals surface area contributed by atoms with E-state index in [2.05, 4.69) is 50.7 Å². The van der Waals surface area contributed by atoms with Gasteiger partial charge >= 0.3 is 0 Å². The predicted molar refractivity (Wildman–Crippen MR) is 81.0 cm³/mol. The number of nitrogens with zero attached hydrogens (tertiary/aromatic N) is 1. The summed E-state index contributed by atoms with van der Waals surface area (Å²) in [5.74, 6) is 0.935. The fraction of sp³-hybridized carbons (Fsp3) is 0.500. The Balaban J connectivity index is 2.97. The van der Waals surface area contributed by atoms with Crippen LogP contribution >= 0.6 is 0 Å². The Labute approximate surface area is 115 Å². The third-order valence-electron chi connectivity index (χ3n) is 4.27. The minimum atomic E-state index is -0.0687. The number of hydrogen-bond donors (Lipinski definition) is 1. The van der Waals surface area contributed by atoms with Crippen LogP contribution < -0.4 is 10.1 Å². The number of benzene rings is 1. The fourth-order valence-electron chi connectivity index (χ4n) is 2.89. The zero-order chi connectivity index (χ0) is 14.4. The van der Waals surface area contributed by atoms with Gasteiger partial charge in [0, 0.05) is 29.2 Å². The summed E-state index contributed by atoms with van der Waals surface area (Å²) in [6.45, 7) is 8.77. The molecule has 0 aliphatic carbocycles. The van der Waals surface area contributed by atoms with Crippen LogP contribution in [0, 0.1) is 13.8 Å². The molecule has 0 saturated heterocycles. The molecule has 2 rings (SSSR count). The summed E-state index contributed by atoms with van der Waals surface area (Å²) in [7, 11) is 5.85. The van der Waals surface area contributed by atoms with Gasteiger partial charge in [-0.1, -0.05) is 6.07 Å². The molecule has 104 valence electrons.